The molecule has 0 saturated carbocycles. The predicted molar refractivity (Wildman–Crippen MR) is 87.0 cm³/mol. The van der Waals surface area contributed by atoms with E-state index in [4.69, 9.17) is 22.1 Å². The lowest BCUT2D eigenvalue weighted by Gasteiger charge is -2.03. The minimum absolute atomic E-state index is 0.523. The SMILES string of the molecule is COc1ccc(N=C(N)SCc2cccc(Cl)c2)cc1. The monoisotopic (exact) mass is 306 g/mol. The number of nitrogens with two attached hydrogens (primary N) is 1. The van der Waals surface area contributed by atoms with E-state index in [-0.39, 0.29) is 0 Å². The van der Waals surface area contributed by atoms with Crippen LogP contribution < -0.4 is 10.5 Å². The zero-order valence-electron chi connectivity index (χ0n) is 11.0. The first-order chi connectivity index (χ1) is 9.67. The maximum absolute atomic E-state index is 5.94. The fourth-order valence-electron chi connectivity index (χ4n) is 1.60. The second kappa shape index (κ2) is 7.22. The van der Waals surface area contributed by atoms with Gasteiger partial charge in [0.2, 0.25) is 0 Å². The van der Waals surface area contributed by atoms with Gasteiger partial charge in [-0.3, -0.25) is 0 Å². The van der Waals surface area contributed by atoms with Crippen molar-refractivity contribution in [3.63, 3.8) is 0 Å². The Bertz CT molecular complexity index is 599. The van der Waals surface area contributed by atoms with Crippen LogP contribution >= 0.6 is 23.4 Å². The Hall–Kier alpha value is -1.65. The van der Waals surface area contributed by atoms with Gasteiger partial charge in [0.1, 0.15) is 5.75 Å². The lowest BCUT2D eigenvalue weighted by Crippen LogP contribution is -2.06. The third-order valence-electron chi connectivity index (χ3n) is 2.59. The Kier molecular flexibility index (Phi) is 5.32. The molecule has 0 saturated heterocycles. The van der Waals surface area contributed by atoms with E-state index in [9.17, 15) is 0 Å². The lowest BCUT2D eigenvalue weighted by molar-refractivity contribution is 0.415. The Balaban J connectivity index is 1.96. The standard InChI is InChI=1S/C15H15ClN2OS/c1-19-14-7-5-13(6-8-14)18-15(17)20-10-11-3-2-4-12(16)9-11/h2-9H,10H2,1H3,(H2,17,18). The number of nitrogens with zero attached hydrogens (tertiary/aromatic N) is 1. The highest BCUT2D eigenvalue weighted by Crippen LogP contribution is 2.21. The van der Waals surface area contributed by atoms with Gasteiger partial charge in [0, 0.05) is 10.8 Å². The molecule has 0 aromatic heterocycles. The van der Waals surface area contributed by atoms with E-state index in [1.807, 2.05) is 48.5 Å². The third kappa shape index (κ3) is 4.47. The van der Waals surface area contributed by atoms with Gasteiger partial charge >= 0.3 is 0 Å². The van der Waals surface area contributed by atoms with Crippen LogP contribution in [0.1, 0.15) is 5.56 Å². The molecule has 20 heavy (non-hydrogen) atoms. The summed E-state index contributed by atoms with van der Waals surface area (Å²) < 4.78 is 5.09. The van der Waals surface area contributed by atoms with Crippen LogP contribution in [0.3, 0.4) is 0 Å². The quantitative estimate of drug-likeness (QED) is 0.679. The number of hydrogen-bond donors (Lipinski definition) is 1. The molecule has 2 aromatic rings. The van der Waals surface area contributed by atoms with Crippen molar-refractivity contribution in [3.8, 4) is 5.75 Å². The maximum atomic E-state index is 5.94. The molecule has 3 nitrogen and oxygen atoms in total. The second-order valence-corrected chi connectivity index (χ2v) is 5.50. The van der Waals surface area contributed by atoms with E-state index in [1.165, 1.54) is 11.8 Å². The lowest BCUT2D eigenvalue weighted by atomic mass is 10.2. The van der Waals surface area contributed by atoms with Crippen molar-refractivity contribution >= 4 is 34.2 Å². The first-order valence-electron chi connectivity index (χ1n) is 6.03. The number of halogens is 1. The van der Waals surface area contributed by atoms with E-state index in [0.717, 1.165) is 27.8 Å². The van der Waals surface area contributed by atoms with Gasteiger partial charge in [-0.25, -0.2) is 4.99 Å². The maximum Gasteiger partial charge on any atom is 0.159 e. The van der Waals surface area contributed by atoms with Gasteiger partial charge < -0.3 is 10.5 Å². The molecule has 2 rings (SSSR count). The summed E-state index contributed by atoms with van der Waals surface area (Å²) in [7, 11) is 1.63. The van der Waals surface area contributed by atoms with Gasteiger partial charge in [-0.2, -0.15) is 0 Å². The topological polar surface area (TPSA) is 47.6 Å². The van der Waals surface area contributed by atoms with Gasteiger partial charge in [0.25, 0.3) is 0 Å². The fourth-order valence-corrected chi connectivity index (χ4v) is 2.48. The highest BCUT2D eigenvalue weighted by Gasteiger charge is 1.99. The summed E-state index contributed by atoms with van der Waals surface area (Å²) in [5.41, 5.74) is 7.84. The molecule has 2 N–H and O–H groups in total. The molecule has 0 aliphatic heterocycles. The van der Waals surface area contributed by atoms with Crippen LogP contribution in [0.2, 0.25) is 5.02 Å². The molecule has 0 spiro atoms. The highest BCUT2D eigenvalue weighted by molar-refractivity contribution is 8.13. The smallest absolute Gasteiger partial charge is 0.159 e. The van der Waals surface area contributed by atoms with Crippen LogP contribution in [0.4, 0.5) is 5.69 Å². The zero-order chi connectivity index (χ0) is 14.4. The Morgan fingerprint density at radius 1 is 1.25 bits per heavy atom. The van der Waals surface area contributed by atoms with Gasteiger partial charge in [0.15, 0.2) is 5.17 Å². The minimum atomic E-state index is 0.523. The van der Waals surface area contributed by atoms with Crippen LogP contribution in [-0.2, 0) is 5.75 Å². The van der Waals surface area contributed by atoms with Gasteiger partial charge in [-0.05, 0) is 42.0 Å². The first-order valence-corrected chi connectivity index (χ1v) is 7.39. The number of methoxy groups -OCH3 is 1. The van der Waals surface area contributed by atoms with Crippen molar-refractivity contribution in [2.45, 2.75) is 5.75 Å². The number of rotatable bonds is 4. The van der Waals surface area contributed by atoms with Crippen LogP contribution in [0.15, 0.2) is 53.5 Å². The molecular weight excluding hydrogens is 292 g/mol. The van der Waals surface area contributed by atoms with Crippen LogP contribution in [0.25, 0.3) is 0 Å². The van der Waals surface area contributed by atoms with Crippen molar-refractivity contribution in [1.82, 2.24) is 0 Å². The highest BCUT2D eigenvalue weighted by atomic mass is 35.5. The summed E-state index contributed by atoms with van der Waals surface area (Å²) in [6, 6.07) is 15.2. The molecular formula is C15H15ClN2OS. The molecule has 5 heteroatoms. The molecule has 0 bridgehead atoms. The number of hydrogen-bond acceptors (Lipinski definition) is 3. The average molecular weight is 307 g/mol. The average Bonchev–Trinajstić information content (AvgIpc) is 2.46. The largest absolute Gasteiger partial charge is 0.497 e. The summed E-state index contributed by atoms with van der Waals surface area (Å²) >= 11 is 7.42. The molecule has 2 aromatic carbocycles. The Morgan fingerprint density at radius 2 is 2.00 bits per heavy atom. The van der Waals surface area contributed by atoms with Gasteiger partial charge in [0.05, 0.1) is 12.8 Å². The zero-order valence-corrected chi connectivity index (χ0v) is 12.6. The normalized spacial score (nSPS) is 11.4. The Morgan fingerprint density at radius 3 is 2.65 bits per heavy atom. The molecule has 0 unspecified atom stereocenters. The number of ether oxygens (including phenoxy) is 1. The minimum Gasteiger partial charge on any atom is -0.497 e. The van der Waals surface area contributed by atoms with Crippen LogP contribution in [-0.4, -0.2) is 12.3 Å². The number of benzene rings is 2. The number of thioether (sulfide) groups is 1. The predicted octanol–water partition coefficient (Wildman–Crippen LogP) is 4.23. The summed E-state index contributed by atoms with van der Waals surface area (Å²) in [4.78, 5) is 4.34. The van der Waals surface area contributed by atoms with E-state index in [0.29, 0.717) is 5.17 Å². The summed E-state index contributed by atoms with van der Waals surface area (Å²) in [5, 5.41) is 1.25. The summed E-state index contributed by atoms with van der Waals surface area (Å²) in [5.74, 6) is 1.54. The van der Waals surface area contributed by atoms with Crippen LogP contribution in [0.5, 0.6) is 5.75 Å². The number of amidine groups is 1. The fraction of sp³-hybridized carbons (Fsp3) is 0.133. The summed E-state index contributed by atoms with van der Waals surface area (Å²) in [6.07, 6.45) is 0. The van der Waals surface area contributed by atoms with Crippen molar-refractivity contribution in [3.05, 3.63) is 59.1 Å². The van der Waals surface area contributed by atoms with E-state index in [2.05, 4.69) is 4.99 Å². The molecule has 104 valence electrons. The first kappa shape index (κ1) is 14.8. The van der Waals surface area contributed by atoms with Crippen molar-refractivity contribution in [2.75, 3.05) is 7.11 Å². The second-order valence-electron chi connectivity index (χ2n) is 4.07. The number of aliphatic imine (C=N–C) groups is 1. The van der Waals surface area contributed by atoms with Crippen LogP contribution in [0, 0.1) is 0 Å². The molecule has 0 radical (unpaired) electrons. The molecule has 0 heterocycles. The van der Waals surface area contributed by atoms with Gasteiger partial charge in [-0.15, -0.1) is 0 Å². The van der Waals surface area contributed by atoms with E-state index < -0.39 is 0 Å². The molecule has 0 aliphatic rings. The van der Waals surface area contributed by atoms with E-state index >= 15 is 0 Å². The molecule has 0 amide bonds. The summed E-state index contributed by atoms with van der Waals surface area (Å²) in [6.45, 7) is 0. The van der Waals surface area contributed by atoms with E-state index in [1.54, 1.807) is 7.11 Å². The molecule has 0 fully saturated rings. The van der Waals surface area contributed by atoms with Crippen molar-refractivity contribution in [2.24, 2.45) is 10.7 Å². The molecule has 0 atom stereocenters. The van der Waals surface area contributed by atoms with Gasteiger partial charge in [-0.1, -0.05) is 35.5 Å². The Labute approximate surface area is 127 Å². The van der Waals surface area contributed by atoms with Crippen molar-refractivity contribution in [1.29, 1.82) is 0 Å². The van der Waals surface area contributed by atoms with Crippen molar-refractivity contribution < 1.29 is 4.74 Å². The molecule has 0 aliphatic carbocycles. The third-order valence-corrected chi connectivity index (χ3v) is 3.69.